The van der Waals surface area contributed by atoms with Crippen LogP contribution in [0.25, 0.3) is 0 Å². The first-order chi connectivity index (χ1) is 8.78. The Morgan fingerprint density at radius 2 is 2.00 bits per heavy atom. The van der Waals surface area contributed by atoms with Gasteiger partial charge in [0.25, 0.3) is 0 Å². The fourth-order valence-electron chi connectivity index (χ4n) is 2.97. The minimum atomic E-state index is 0.387. The van der Waals surface area contributed by atoms with E-state index in [2.05, 4.69) is 29.1 Å². The highest BCUT2D eigenvalue weighted by molar-refractivity contribution is 4.79. The number of hydrogen-bond acceptors (Lipinski definition) is 4. The number of likely N-dealkylation sites (tertiary alicyclic amines) is 1. The molecule has 2 saturated heterocycles. The molecule has 2 aliphatic rings. The second-order valence-corrected chi connectivity index (χ2v) is 5.78. The average molecular weight is 255 g/mol. The predicted octanol–water partition coefficient (Wildman–Crippen LogP) is 0.781. The van der Waals surface area contributed by atoms with Crippen LogP contribution in [0.3, 0.4) is 0 Å². The molecular formula is C14H29N3O. The molecular weight excluding hydrogens is 226 g/mol. The number of piperidine rings is 1. The smallest absolute Gasteiger partial charge is 0.0826 e. The molecule has 0 amide bonds. The van der Waals surface area contributed by atoms with Gasteiger partial charge < -0.3 is 19.9 Å². The third kappa shape index (κ3) is 4.50. The normalized spacial score (nSPS) is 28.7. The molecule has 0 saturated carbocycles. The van der Waals surface area contributed by atoms with Crippen LogP contribution in [-0.4, -0.2) is 74.9 Å². The monoisotopic (exact) mass is 255 g/mol. The lowest BCUT2D eigenvalue weighted by Gasteiger charge is -2.35. The molecule has 0 radical (unpaired) electrons. The van der Waals surface area contributed by atoms with Crippen LogP contribution in [0.5, 0.6) is 0 Å². The summed E-state index contributed by atoms with van der Waals surface area (Å²) in [7, 11) is 2.18. The maximum atomic E-state index is 5.78. The highest BCUT2D eigenvalue weighted by Crippen LogP contribution is 2.11. The summed E-state index contributed by atoms with van der Waals surface area (Å²) in [5.74, 6) is 0. The summed E-state index contributed by atoms with van der Waals surface area (Å²) in [5, 5.41) is 3.70. The first-order valence-corrected chi connectivity index (χ1v) is 7.54. The Morgan fingerprint density at radius 1 is 1.22 bits per heavy atom. The zero-order valence-corrected chi connectivity index (χ0v) is 12.0. The van der Waals surface area contributed by atoms with E-state index in [1.807, 2.05) is 0 Å². The molecule has 0 aromatic rings. The van der Waals surface area contributed by atoms with E-state index in [1.165, 1.54) is 38.9 Å². The number of likely N-dealkylation sites (N-methyl/N-ethyl adjacent to an activating group) is 1. The maximum Gasteiger partial charge on any atom is 0.0826 e. The van der Waals surface area contributed by atoms with Crippen LogP contribution in [0.15, 0.2) is 0 Å². The summed E-state index contributed by atoms with van der Waals surface area (Å²) in [6, 6.07) is 0.703. The highest BCUT2D eigenvalue weighted by Gasteiger charge is 2.21. The van der Waals surface area contributed by atoms with E-state index >= 15 is 0 Å². The minimum Gasteiger partial charge on any atom is -0.374 e. The molecule has 2 rings (SSSR count). The number of nitrogens with zero attached hydrogens (tertiary/aromatic N) is 2. The Bertz CT molecular complexity index is 229. The Morgan fingerprint density at radius 3 is 2.67 bits per heavy atom. The van der Waals surface area contributed by atoms with Crippen LogP contribution in [-0.2, 0) is 4.74 Å². The van der Waals surface area contributed by atoms with Gasteiger partial charge >= 0.3 is 0 Å². The summed E-state index contributed by atoms with van der Waals surface area (Å²) in [4.78, 5) is 4.95. The number of nitrogens with one attached hydrogen (secondary N) is 1. The fraction of sp³-hybridized carbons (Fsp3) is 1.00. The van der Waals surface area contributed by atoms with Crippen molar-refractivity contribution in [2.24, 2.45) is 0 Å². The van der Waals surface area contributed by atoms with Gasteiger partial charge in [-0.05, 0) is 45.9 Å². The second kappa shape index (κ2) is 7.43. The largest absolute Gasteiger partial charge is 0.374 e. The summed E-state index contributed by atoms with van der Waals surface area (Å²) >= 11 is 0. The zero-order chi connectivity index (χ0) is 12.8. The van der Waals surface area contributed by atoms with Crippen molar-refractivity contribution in [3.8, 4) is 0 Å². The van der Waals surface area contributed by atoms with E-state index in [9.17, 15) is 0 Å². The summed E-state index contributed by atoms with van der Waals surface area (Å²) < 4.78 is 5.78. The summed E-state index contributed by atoms with van der Waals surface area (Å²) in [5.41, 5.74) is 0. The molecule has 2 fully saturated rings. The molecule has 0 bridgehead atoms. The van der Waals surface area contributed by atoms with E-state index in [0.29, 0.717) is 12.1 Å². The first-order valence-electron chi connectivity index (χ1n) is 7.54. The Hall–Kier alpha value is -0.160. The SMILES string of the molecule is CCCN1CCC(NCC2CN(C)CCO2)CC1. The van der Waals surface area contributed by atoms with Crippen LogP contribution in [0, 0.1) is 0 Å². The average Bonchev–Trinajstić information content (AvgIpc) is 2.38. The molecule has 2 aliphatic heterocycles. The predicted molar refractivity (Wildman–Crippen MR) is 75.0 cm³/mol. The molecule has 1 unspecified atom stereocenters. The van der Waals surface area contributed by atoms with E-state index in [0.717, 1.165) is 26.2 Å². The van der Waals surface area contributed by atoms with E-state index in [-0.39, 0.29) is 0 Å². The number of ether oxygens (including phenoxy) is 1. The zero-order valence-electron chi connectivity index (χ0n) is 12.0. The fourth-order valence-corrected chi connectivity index (χ4v) is 2.97. The molecule has 1 atom stereocenters. The maximum absolute atomic E-state index is 5.78. The quantitative estimate of drug-likeness (QED) is 0.786. The van der Waals surface area contributed by atoms with Crippen molar-refractivity contribution in [2.75, 3.05) is 52.9 Å². The van der Waals surface area contributed by atoms with Gasteiger partial charge in [-0.1, -0.05) is 6.92 Å². The molecule has 4 heteroatoms. The number of rotatable bonds is 5. The standard InChI is InChI=1S/C14H29N3O/c1-3-6-17-7-4-13(5-8-17)15-11-14-12-16(2)9-10-18-14/h13-15H,3-12H2,1-2H3. The lowest BCUT2D eigenvalue weighted by molar-refractivity contribution is -0.0201. The van der Waals surface area contributed by atoms with E-state index < -0.39 is 0 Å². The van der Waals surface area contributed by atoms with Crippen LogP contribution in [0.2, 0.25) is 0 Å². The second-order valence-electron chi connectivity index (χ2n) is 5.78. The van der Waals surface area contributed by atoms with Crippen molar-refractivity contribution in [1.29, 1.82) is 0 Å². The molecule has 0 aromatic heterocycles. The van der Waals surface area contributed by atoms with Gasteiger partial charge in [0.2, 0.25) is 0 Å². The summed E-state index contributed by atoms with van der Waals surface area (Å²) in [6.45, 7) is 10.1. The van der Waals surface area contributed by atoms with Crippen LogP contribution in [0.4, 0.5) is 0 Å². The third-order valence-electron chi connectivity index (χ3n) is 4.10. The number of hydrogen-bond donors (Lipinski definition) is 1. The molecule has 0 aliphatic carbocycles. The van der Waals surface area contributed by atoms with Crippen LogP contribution in [0.1, 0.15) is 26.2 Å². The molecule has 2 heterocycles. The molecule has 0 spiro atoms. The minimum absolute atomic E-state index is 0.387. The van der Waals surface area contributed by atoms with Crippen molar-refractivity contribution in [3.63, 3.8) is 0 Å². The highest BCUT2D eigenvalue weighted by atomic mass is 16.5. The number of morpholine rings is 1. The van der Waals surface area contributed by atoms with Crippen molar-refractivity contribution < 1.29 is 4.74 Å². The summed E-state index contributed by atoms with van der Waals surface area (Å²) in [6.07, 6.45) is 4.25. The van der Waals surface area contributed by atoms with Crippen molar-refractivity contribution in [2.45, 2.75) is 38.3 Å². The Balaban J connectivity index is 1.60. The Kier molecular flexibility index (Phi) is 5.89. The molecule has 106 valence electrons. The van der Waals surface area contributed by atoms with E-state index in [4.69, 9.17) is 4.74 Å². The van der Waals surface area contributed by atoms with Gasteiger partial charge in [-0.2, -0.15) is 0 Å². The lowest BCUT2D eigenvalue weighted by Crippen LogP contribution is -2.49. The van der Waals surface area contributed by atoms with Gasteiger partial charge in [-0.25, -0.2) is 0 Å². The van der Waals surface area contributed by atoms with Crippen molar-refractivity contribution in [3.05, 3.63) is 0 Å². The molecule has 4 nitrogen and oxygen atoms in total. The molecule has 0 aromatic carbocycles. The van der Waals surface area contributed by atoms with Gasteiger partial charge in [-0.15, -0.1) is 0 Å². The molecule has 1 N–H and O–H groups in total. The lowest BCUT2D eigenvalue weighted by atomic mass is 10.0. The first kappa shape index (κ1) is 14.3. The van der Waals surface area contributed by atoms with Crippen LogP contribution >= 0.6 is 0 Å². The third-order valence-corrected chi connectivity index (χ3v) is 4.10. The van der Waals surface area contributed by atoms with Gasteiger partial charge in [0.1, 0.15) is 0 Å². The molecule has 18 heavy (non-hydrogen) atoms. The van der Waals surface area contributed by atoms with E-state index in [1.54, 1.807) is 0 Å². The van der Waals surface area contributed by atoms with Gasteiger partial charge in [-0.3, -0.25) is 0 Å². The van der Waals surface area contributed by atoms with Crippen molar-refractivity contribution in [1.82, 2.24) is 15.1 Å². The van der Waals surface area contributed by atoms with Crippen molar-refractivity contribution >= 4 is 0 Å². The Labute approximate surface area is 112 Å². The van der Waals surface area contributed by atoms with Gasteiger partial charge in [0.05, 0.1) is 12.7 Å². The topological polar surface area (TPSA) is 27.7 Å². The van der Waals surface area contributed by atoms with Crippen LogP contribution < -0.4 is 5.32 Å². The van der Waals surface area contributed by atoms with Gasteiger partial charge in [0.15, 0.2) is 0 Å². The van der Waals surface area contributed by atoms with Gasteiger partial charge in [0, 0.05) is 25.7 Å².